The molecule has 1 fully saturated rings. The van der Waals surface area contributed by atoms with Gasteiger partial charge in [0.05, 0.1) is 44.5 Å². The van der Waals surface area contributed by atoms with Crippen LogP contribution in [0.3, 0.4) is 0 Å². The minimum Gasteiger partial charge on any atom is -0.512 e. The summed E-state index contributed by atoms with van der Waals surface area (Å²) in [5.74, 6) is 0.232. The molecule has 0 amide bonds. The number of hydrogen-bond donors (Lipinski definition) is 2. The zero-order valence-corrected chi connectivity index (χ0v) is 18.6. The average molecular weight is 461 g/mol. The van der Waals surface area contributed by atoms with E-state index < -0.39 is 0 Å². The molecular formula is C24H21BrN4O. The molecular weight excluding hydrogens is 440 g/mol. The highest BCUT2D eigenvalue weighted by Crippen LogP contribution is 2.43. The zero-order chi connectivity index (χ0) is 21.0. The van der Waals surface area contributed by atoms with Crippen molar-refractivity contribution in [3.8, 4) is 0 Å². The predicted molar refractivity (Wildman–Crippen MR) is 126 cm³/mol. The molecule has 5 nitrogen and oxygen atoms in total. The Bertz CT molecular complexity index is 1220. The molecule has 2 N–H and O–H groups in total. The summed E-state index contributed by atoms with van der Waals surface area (Å²) in [5, 5.41) is 13.8. The number of nitrogens with zero attached hydrogens (tertiary/aromatic N) is 3. The fourth-order valence-electron chi connectivity index (χ4n) is 3.93. The predicted octanol–water partition coefficient (Wildman–Crippen LogP) is 5.47. The van der Waals surface area contributed by atoms with Crippen LogP contribution in [-0.2, 0) is 0 Å². The average Bonchev–Trinajstić information content (AvgIpc) is 3.44. The lowest BCUT2D eigenvalue weighted by molar-refractivity contribution is 0.412. The van der Waals surface area contributed by atoms with Crippen LogP contribution in [0.15, 0.2) is 108 Å². The summed E-state index contributed by atoms with van der Waals surface area (Å²) in [7, 11) is 0. The SMILES string of the molecule is C/C(O)=C1/C=C2N=C1C=C1C=CC(=N1)C=C1C=CC(=N1)C=C1NC(=C2Br)CC1(C)C. The number of nitrogens with one attached hydrogen (secondary N) is 1. The Morgan fingerprint density at radius 2 is 1.63 bits per heavy atom. The summed E-state index contributed by atoms with van der Waals surface area (Å²) in [6.45, 7) is 6.11. The highest BCUT2D eigenvalue weighted by Gasteiger charge is 2.35. The second kappa shape index (κ2) is 6.77. The number of fused-ring (bicyclic) bond motifs is 5. The molecule has 0 atom stereocenters. The third kappa shape index (κ3) is 3.31. The van der Waals surface area contributed by atoms with E-state index in [1.807, 2.05) is 42.5 Å². The lowest BCUT2D eigenvalue weighted by Crippen LogP contribution is -2.14. The van der Waals surface area contributed by atoms with Crippen molar-refractivity contribution in [1.82, 2.24) is 5.32 Å². The van der Waals surface area contributed by atoms with Gasteiger partial charge in [0, 0.05) is 22.4 Å². The first-order valence-corrected chi connectivity index (χ1v) is 10.6. The van der Waals surface area contributed by atoms with Gasteiger partial charge in [-0.3, -0.25) is 0 Å². The molecule has 5 rings (SSSR count). The van der Waals surface area contributed by atoms with E-state index in [9.17, 15) is 5.11 Å². The Morgan fingerprint density at radius 1 is 0.967 bits per heavy atom. The molecule has 0 unspecified atom stereocenters. The van der Waals surface area contributed by atoms with Crippen LogP contribution in [0.25, 0.3) is 0 Å². The summed E-state index contributed by atoms with van der Waals surface area (Å²) in [6.07, 6.45) is 16.7. The lowest BCUT2D eigenvalue weighted by atomic mass is 9.87. The summed E-state index contributed by atoms with van der Waals surface area (Å²) in [5.41, 5.74) is 7.72. The normalized spacial score (nSPS) is 25.3. The maximum absolute atomic E-state index is 10.2. The fraction of sp³-hybridized carbons (Fsp3) is 0.208. The van der Waals surface area contributed by atoms with Crippen LogP contribution in [-0.4, -0.2) is 22.2 Å². The van der Waals surface area contributed by atoms with Crippen LogP contribution in [0.1, 0.15) is 27.2 Å². The Kier molecular flexibility index (Phi) is 4.29. The summed E-state index contributed by atoms with van der Waals surface area (Å²) in [6, 6.07) is 0. The number of allylic oxidation sites excluding steroid dienone is 13. The molecule has 0 aromatic heterocycles. The second-order valence-corrected chi connectivity index (χ2v) is 9.23. The van der Waals surface area contributed by atoms with E-state index in [0.29, 0.717) is 11.3 Å². The van der Waals surface area contributed by atoms with E-state index in [2.05, 4.69) is 46.2 Å². The minimum atomic E-state index is -0.0592. The third-order valence-electron chi connectivity index (χ3n) is 5.55. The van der Waals surface area contributed by atoms with E-state index in [1.54, 1.807) is 6.92 Å². The highest BCUT2D eigenvalue weighted by molar-refractivity contribution is 9.12. The first-order valence-electron chi connectivity index (χ1n) is 9.84. The Balaban J connectivity index is 1.71. The molecule has 5 heterocycles. The number of aliphatic hydroxyl groups is 1. The van der Waals surface area contributed by atoms with Gasteiger partial charge in [-0.1, -0.05) is 13.8 Å². The van der Waals surface area contributed by atoms with E-state index in [1.165, 1.54) is 0 Å². The van der Waals surface area contributed by atoms with Crippen LogP contribution >= 0.6 is 15.9 Å². The van der Waals surface area contributed by atoms with E-state index in [4.69, 9.17) is 9.98 Å². The maximum Gasteiger partial charge on any atom is 0.0986 e. The van der Waals surface area contributed by atoms with Gasteiger partial charge in [-0.2, -0.15) is 0 Å². The standard InChI is InChI=1S/C24H21BrN4O/c1-13(30)18-11-20-23(25)21-12-24(2,3)22(29-21)10-17-7-5-15(27-17)8-14-4-6-16(26-14)9-19(18)28-20/h4-11,29-30H,12H2,1-3H3/b15-8?,16-9?,18-13+,22-10?,23-21?. The van der Waals surface area contributed by atoms with E-state index in [0.717, 1.165) is 50.8 Å². The Hall–Kier alpha value is -2.99. The highest BCUT2D eigenvalue weighted by atomic mass is 79.9. The lowest BCUT2D eigenvalue weighted by Gasteiger charge is -2.17. The van der Waals surface area contributed by atoms with Gasteiger partial charge in [-0.15, -0.1) is 0 Å². The van der Waals surface area contributed by atoms with Crippen molar-refractivity contribution in [1.29, 1.82) is 0 Å². The second-order valence-electron chi connectivity index (χ2n) is 8.44. The first-order chi connectivity index (χ1) is 14.3. The fourth-order valence-corrected chi connectivity index (χ4v) is 4.37. The largest absolute Gasteiger partial charge is 0.512 e. The first kappa shape index (κ1) is 19.0. The molecule has 5 aliphatic heterocycles. The van der Waals surface area contributed by atoms with E-state index in [-0.39, 0.29) is 11.2 Å². The van der Waals surface area contributed by atoms with Gasteiger partial charge < -0.3 is 10.4 Å². The van der Waals surface area contributed by atoms with Gasteiger partial charge in [0.25, 0.3) is 0 Å². The summed E-state index contributed by atoms with van der Waals surface area (Å²) in [4.78, 5) is 14.2. The van der Waals surface area contributed by atoms with Crippen molar-refractivity contribution in [2.45, 2.75) is 27.2 Å². The zero-order valence-electron chi connectivity index (χ0n) is 17.0. The van der Waals surface area contributed by atoms with Crippen LogP contribution in [0.2, 0.25) is 0 Å². The van der Waals surface area contributed by atoms with Crippen molar-refractivity contribution in [2.75, 3.05) is 0 Å². The van der Waals surface area contributed by atoms with Crippen molar-refractivity contribution in [2.24, 2.45) is 20.4 Å². The van der Waals surface area contributed by atoms with Gasteiger partial charge in [-0.25, -0.2) is 15.0 Å². The van der Waals surface area contributed by atoms with Crippen molar-refractivity contribution in [3.63, 3.8) is 0 Å². The summed E-state index contributed by atoms with van der Waals surface area (Å²) >= 11 is 3.75. The van der Waals surface area contributed by atoms with E-state index >= 15 is 0 Å². The Morgan fingerprint density at radius 3 is 2.33 bits per heavy atom. The number of hydrogen-bond acceptors (Lipinski definition) is 5. The third-order valence-corrected chi connectivity index (χ3v) is 6.43. The molecule has 6 heteroatoms. The molecule has 0 aliphatic carbocycles. The molecule has 0 radical (unpaired) electrons. The molecule has 8 bridgehead atoms. The van der Waals surface area contributed by atoms with Crippen molar-refractivity contribution >= 4 is 33.1 Å². The van der Waals surface area contributed by atoms with Gasteiger partial charge in [-0.05, 0) is 77.9 Å². The molecule has 0 aromatic carbocycles. The minimum absolute atomic E-state index is 0.0592. The number of halogens is 1. The van der Waals surface area contributed by atoms with Gasteiger partial charge in [0.2, 0.25) is 0 Å². The van der Waals surface area contributed by atoms with Gasteiger partial charge in [0.1, 0.15) is 0 Å². The molecule has 0 spiro atoms. The smallest absolute Gasteiger partial charge is 0.0986 e. The van der Waals surface area contributed by atoms with Crippen molar-refractivity contribution < 1.29 is 5.11 Å². The van der Waals surface area contributed by atoms with Gasteiger partial charge in [0.15, 0.2) is 0 Å². The Labute approximate surface area is 183 Å². The number of aliphatic hydroxyl groups excluding tert-OH is 1. The van der Waals surface area contributed by atoms with Crippen LogP contribution < -0.4 is 5.32 Å². The van der Waals surface area contributed by atoms with Crippen molar-refractivity contribution in [3.05, 3.63) is 92.9 Å². The molecule has 0 aromatic rings. The molecule has 0 saturated carbocycles. The van der Waals surface area contributed by atoms with Crippen LogP contribution in [0.5, 0.6) is 0 Å². The topological polar surface area (TPSA) is 69.3 Å². The monoisotopic (exact) mass is 460 g/mol. The molecule has 150 valence electrons. The molecule has 5 aliphatic rings. The van der Waals surface area contributed by atoms with Crippen LogP contribution in [0, 0.1) is 5.41 Å². The molecule has 1 saturated heterocycles. The molecule has 30 heavy (non-hydrogen) atoms. The van der Waals surface area contributed by atoms with Crippen LogP contribution in [0.4, 0.5) is 0 Å². The number of rotatable bonds is 0. The quantitative estimate of drug-likeness (QED) is 0.470. The summed E-state index contributed by atoms with van der Waals surface area (Å²) < 4.78 is 0.897. The van der Waals surface area contributed by atoms with Gasteiger partial charge >= 0.3 is 0 Å². The maximum atomic E-state index is 10.2. The number of aliphatic imine (C=N–C) groups is 3.